The molecule has 0 spiro atoms. The average molecular weight is 688 g/mol. The molecule has 0 saturated carbocycles. The summed E-state index contributed by atoms with van der Waals surface area (Å²) in [5.74, 6) is 0.973. The number of fused-ring (bicyclic) bond motifs is 1. The van der Waals surface area contributed by atoms with Gasteiger partial charge in [0.15, 0.2) is 0 Å². The molecule has 3 N–H and O–H groups in total. The van der Waals surface area contributed by atoms with Crippen LogP contribution in [-0.2, 0) is 24.3 Å². The van der Waals surface area contributed by atoms with Gasteiger partial charge in [0, 0.05) is 61.9 Å². The van der Waals surface area contributed by atoms with Gasteiger partial charge in [0.1, 0.15) is 11.1 Å². The van der Waals surface area contributed by atoms with Crippen molar-refractivity contribution < 1.29 is 19.4 Å². The summed E-state index contributed by atoms with van der Waals surface area (Å²) in [7, 11) is 1.60. The molecule has 3 atom stereocenters. The number of methoxy groups -OCH3 is 1. The number of aromatic nitrogens is 1. The lowest BCUT2D eigenvalue weighted by molar-refractivity contribution is -0.119. The molecule has 1 aliphatic carbocycles. The molecule has 3 aromatic carbocycles. The van der Waals surface area contributed by atoms with Crippen molar-refractivity contribution in [3.63, 3.8) is 0 Å². The Labute approximate surface area is 291 Å². The third kappa shape index (κ3) is 7.05. The van der Waals surface area contributed by atoms with Crippen molar-refractivity contribution in [2.24, 2.45) is 0 Å². The predicted molar refractivity (Wildman–Crippen MR) is 189 cm³/mol. The Kier molecular flexibility index (Phi) is 9.89. The highest BCUT2D eigenvalue weighted by Crippen LogP contribution is 2.44. The van der Waals surface area contributed by atoms with Gasteiger partial charge in [-0.25, -0.2) is 0 Å². The second-order valence-corrected chi connectivity index (χ2v) is 13.7. The highest BCUT2D eigenvalue weighted by molar-refractivity contribution is 6.36. The molecule has 7 rings (SSSR count). The molecule has 250 valence electrons. The van der Waals surface area contributed by atoms with Crippen molar-refractivity contribution in [2.45, 2.75) is 63.4 Å². The van der Waals surface area contributed by atoms with E-state index in [-0.39, 0.29) is 24.2 Å². The van der Waals surface area contributed by atoms with Gasteiger partial charge < -0.3 is 25.2 Å². The molecule has 3 aliphatic rings. The van der Waals surface area contributed by atoms with Crippen LogP contribution in [0.2, 0.25) is 10.0 Å². The van der Waals surface area contributed by atoms with Crippen LogP contribution in [0.15, 0.2) is 66.7 Å². The van der Waals surface area contributed by atoms with Crippen molar-refractivity contribution in [1.29, 1.82) is 0 Å². The van der Waals surface area contributed by atoms with Crippen molar-refractivity contribution in [3.05, 3.63) is 99.0 Å². The highest BCUT2D eigenvalue weighted by Gasteiger charge is 2.29. The number of β-amino-alcohol motifs (C(OH)–C–C–N with tert-alkyl or cyclic N) is 1. The lowest BCUT2D eigenvalue weighted by atomic mass is 9.93. The van der Waals surface area contributed by atoms with E-state index in [1.807, 2.05) is 6.07 Å². The molecule has 10 heteroatoms. The number of halogens is 2. The quantitative estimate of drug-likeness (QED) is 0.161. The van der Waals surface area contributed by atoms with Crippen LogP contribution in [0.5, 0.6) is 11.8 Å². The van der Waals surface area contributed by atoms with E-state index in [0.29, 0.717) is 41.3 Å². The number of aliphatic hydroxyl groups excluding tert-OH is 1. The molecule has 2 aliphatic heterocycles. The maximum absolute atomic E-state index is 11.5. The second kappa shape index (κ2) is 14.4. The Morgan fingerprint density at radius 3 is 2.52 bits per heavy atom. The van der Waals surface area contributed by atoms with Gasteiger partial charge in [0.25, 0.3) is 0 Å². The maximum atomic E-state index is 11.5. The Morgan fingerprint density at radius 1 is 0.979 bits per heavy atom. The fourth-order valence-corrected chi connectivity index (χ4v) is 7.73. The molecule has 48 heavy (non-hydrogen) atoms. The molecule has 1 aromatic heterocycles. The number of nitrogens with one attached hydrogen (secondary N) is 2. The minimum absolute atomic E-state index is 0.139. The molecular weight excluding hydrogens is 647 g/mol. The molecule has 1 amide bonds. The number of nitrogens with zero attached hydrogens (tertiary/aromatic N) is 2. The first kappa shape index (κ1) is 32.9. The van der Waals surface area contributed by atoms with Gasteiger partial charge in [-0.1, -0.05) is 83.9 Å². The molecular formula is C38H40Cl2N4O4. The summed E-state index contributed by atoms with van der Waals surface area (Å²) < 4.78 is 12.1. The molecule has 0 unspecified atom stereocenters. The summed E-state index contributed by atoms with van der Waals surface area (Å²) >= 11 is 13.9. The molecule has 4 aromatic rings. The zero-order valence-corrected chi connectivity index (χ0v) is 28.5. The number of hydrogen-bond donors (Lipinski definition) is 3. The van der Waals surface area contributed by atoms with Gasteiger partial charge >= 0.3 is 0 Å². The third-order valence-electron chi connectivity index (χ3n) is 9.65. The number of likely N-dealkylation sites (tertiary alicyclic amines) is 1. The Hall–Kier alpha value is -3.66. The average Bonchev–Trinajstić information content (AvgIpc) is 3.82. The van der Waals surface area contributed by atoms with Gasteiger partial charge in [-0.15, -0.1) is 0 Å². The zero-order chi connectivity index (χ0) is 33.2. The van der Waals surface area contributed by atoms with E-state index in [9.17, 15) is 9.90 Å². The van der Waals surface area contributed by atoms with Crippen molar-refractivity contribution in [1.82, 2.24) is 20.5 Å². The Morgan fingerprint density at radius 2 is 1.77 bits per heavy atom. The van der Waals surface area contributed by atoms with Crippen LogP contribution in [0.1, 0.15) is 54.0 Å². The number of hydrogen-bond acceptors (Lipinski definition) is 7. The van der Waals surface area contributed by atoms with Gasteiger partial charge in [-0.05, 0) is 59.6 Å². The number of rotatable bonds is 11. The van der Waals surface area contributed by atoms with E-state index in [2.05, 4.69) is 81.2 Å². The molecule has 0 radical (unpaired) electrons. The van der Waals surface area contributed by atoms with Crippen LogP contribution < -0.4 is 20.1 Å². The molecule has 0 bridgehead atoms. The minimum Gasteiger partial charge on any atom is -0.481 e. The second-order valence-electron chi connectivity index (χ2n) is 12.9. The van der Waals surface area contributed by atoms with Crippen molar-refractivity contribution in [3.8, 4) is 34.0 Å². The van der Waals surface area contributed by atoms with E-state index in [0.717, 1.165) is 78.7 Å². The summed E-state index contributed by atoms with van der Waals surface area (Å²) in [6, 6.07) is 23.1. The summed E-state index contributed by atoms with van der Waals surface area (Å²) in [6.45, 7) is 3.56. The molecule has 2 fully saturated rings. The highest BCUT2D eigenvalue weighted by atomic mass is 35.5. The number of benzene rings is 3. The van der Waals surface area contributed by atoms with Gasteiger partial charge in [-0.3, -0.25) is 9.69 Å². The first-order valence-electron chi connectivity index (χ1n) is 16.7. The van der Waals surface area contributed by atoms with Crippen LogP contribution in [-0.4, -0.2) is 59.8 Å². The first-order chi connectivity index (χ1) is 23.4. The Bertz CT molecular complexity index is 1800. The van der Waals surface area contributed by atoms with Crippen LogP contribution in [0, 0.1) is 0 Å². The smallest absolute Gasteiger partial charge is 0.236 e. The van der Waals surface area contributed by atoms with E-state index < -0.39 is 0 Å². The van der Waals surface area contributed by atoms with Crippen LogP contribution in [0.3, 0.4) is 0 Å². The zero-order valence-electron chi connectivity index (χ0n) is 27.0. The summed E-state index contributed by atoms with van der Waals surface area (Å²) in [5.41, 5.74) is 8.50. The van der Waals surface area contributed by atoms with Crippen molar-refractivity contribution in [2.75, 3.05) is 26.7 Å². The van der Waals surface area contributed by atoms with E-state index in [1.165, 1.54) is 11.1 Å². The lowest BCUT2D eigenvalue weighted by Gasteiger charge is -2.20. The van der Waals surface area contributed by atoms with Gasteiger partial charge in [-0.2, -0.15) is 4.98 Å². The predicted octanol–water partition coefficient (Wildman–Crippen LogP) is 6.73. The van der Waals surface area contributed by atoms with Gasteiger partial charge in [0.05, 0.1) is 18.2 Å². The van der Waals surface area contributed by atoms with Crippen LogP contribution in [0.4, 0.5) is 0 Å². The number of ether oxygens (including phenoxy) is 2. The standard InChI is InChI=1S/C38H40Cl2N4O4/c1-47-37-25(21-44-17-16-27(45)22-44)18-33(39)38(43-37)48-34-14-13-30-29(5-3-6-31(30)34)32-7-2-4-28(36(32)40)24-10-8-23(9-11-24)19-41-20-26-12-15-35(46)42-26/h2-11,18,26-27,34,41,45H,12-17,19-22H2,1H3,(H,42,46)/t26-,27-,34-/m0/s1. The van der Waals surface area contributed by atoms with E-state index in [1.54, 1.807) is 7.11 Å². The number of aliphatic hydroxyl groups is 1. The monoisotopic (exact) mass is 686 g/mol. The molecule has 8 nitrogen and oxygen atoms in total. The number of carbonyl (C=O) groups excluding carboxylic acids is 1. The molecule has 3 heterocycles. The normalized spacial score (nSPS) is 20.6. The van der Waals surface area contributed by atoms with E-state index in [4.69, 9.17) is 32.7 Å². The molecule has 2 saturated heterocycles. The van der Waals surface area contributed by atoms with Gasteiger partial charge in [0.2, 0.25) is 17.7 Å². The first-order valence-corrected chi connectivity index (χ1v) is 17.4. The number of amides is 1. The van der Waals surface area contributed by atoms with Crippen LogP contribution in [0.25, 0.3) is 22.3 Å². The van der Waals surface area contributed by atoms with E-state index >= 15 is 0 Å². The summed E-state index contributed by atoms with van der Waals surface area (Å²) in [5, 5.41) is 17.5. The third-order valence-corrected chi connectivity index (χ3v) is 10.3. The topological polar surface area (TPSA) is 96.0 Å². The Balaban J connectivity index is 1.07. The SMILES string of the molecule is COc1nc(O[C@H]2CCc3c(-c4cccc(-c5ccc(CNC[C@@H]6CCC(=O)N6)cc5)c4Cl)cccc32)c(Cl)cc1CN1CC[C@H](O)C1. The maximum Gasteiger partial charge on any atom is 0.236 e. The van der Waals surface area contributed by atoms with Crippen molar-refractivity contribution >= 4 is 29.1 Å². The van der Waals surface area contributed by atoms with Crippen LogP contribution >= 0.6 is 23.2 Å². The number of carbonyl (C=O) groups is 1. The minimum atomic E-state index is -0.300. The largest absolute Gasteiger partial charge is 0.481 e. The number of pyridine rings is 1. The lowest BCUT2D eigenvalue weighted by Crippen LogP contribution is -2.35. The summed E-state index contributed by atoms with van der Waals surface area (Å²) in [4.78, 5) is 18.3. The fraction of sp³-hybridized carbons (Fsp3) is 0.368. The fourth-order valence-electron chi connectivity index (χ4n) is 7.18. The summed E-state index contributed by atoms with van der Waals surface area (Å²) in [6.07, 6.45) is 3.39.